The topological polar surface area (TPSA) is 50.1 Å². The SMILES string of the molecule is Cc1nn(C)c(Cl)c1CNCC1(O)CCC(C)CC1. The van der Waals surface area contributed by atoms with E-state index in [0.717, 1.165) is 42.9 Å². The van der Waals surface area contributed by atoms with Gasteiger partial charge in [-0.1, -0.05) is 18.5 Å². The van der Waals surface area contributed by atoms with Crippen LogP contribution in [0.1, 0.15) is 43.9 Å². The summed E-state index contributed by atoms with van der Waals surface area (Å²) in [4.78, 5) is 0. The first-order valence-corrected chi connectivity index (χ1v) is 7.40. The molecular formula is C14H24ClN3O. The number of nitrogens with zero attached hydrogens (tertiary/aromatic N) is 2. The Kier molecular flexibility index (Phi) is 4.54. The average molecular weight is 286 g/mol. The Morgan fingerprint density at radius 2 is 2.11 bits per heavy atom. The molecule has 0 aromatic carbocycles. The molecule has 0 saturated heterocycles. The quantitative estimate of drug-likeness (QED) is 0.893. The van der Waals surface area contributed by atoms with Crippen molar-refractivity contribution in [3.8, 4) is 0 Å². The molecule has 0 radical (unpaired) electrons. The summed E-state index contributed by atoms with van der Waals surface area (Å²) in [6, 6.07) is 0. The maximum atomic E-state index is 10.5. The summed E-state index contributed by atoms with van der Waals surface area (Å²) in [5, 5.41) is 18.8. The van der Waals surface area contributed by atoms with E-state index in [-0.39, 0.29) is 0 Å². The second-order valence-corrected chi connectivity index (χ2v) is 6.35. The number of aliphatic hydroxyl groups is 1. The van der Waals surface area contributed by atoms with Crippen LogP contribution in [0, 0.1) is 12.8 Å². The molecule has 1 heterocycles. The Bertz CT molecular complexity index is 436. The number of aromatic nitrogens is 2. The van der Waals surface area contributed by atoms with Crippen molar-refractivity contribution in [1.29, 1.82) is 0 Å². The predicted octanol–water partition coefficient (Wildman–Crippen LogP) is 2.41. The normalized spacial score (nSPS) is 27.7. The fourth-order valence-electron chi connectivity index (χ4n) is 2.77. The largest absolute Gasteiger partial charge is 0.389 e. The molecule has 1 aliphatic carbocycles. The van der Waals surface area contributed by atoms with Crippen molar-refractivity contribution in [3.05, 3.63) is 16.4 Å². The number of nitrogens with one attached hydrogen (secondary N) is 1. The molecule has 108 valence electrons. The van der Waals surface area contributed by atoms with Gasteiger partial charge in [-0.25, -0.2) is 0 Å². The van der Waals surface area contributed by atoms with Gasteiger partial charge < -0.3 is 10.4 Å². The molecule has 0 spiro atoms. The van der Waals surface area contributed by atoms with Gasteiger partial charge in [0.2, 0.25) is 0 Å². The summed E-state index contributed by atoms with van der Waals surface area (Å²) in [6.07, 6.45) is 4.01. The molecule has 1 aromatic rings. The molecule has 0 amide bonds. The lowest BCUT2D eigenvalue weighted by molar-refractivity contribution is -0.00631. The summed E-state index contributed by atoms with van der Waals surface area (Å²) in [7, 11) is 1.84. The minimum Gasteiger partial charge on any atom is -0.389 e. The van der Waals surface area contributed by atoms with Gasteiger partial charge in [-0.3, -0.25) is 4.68 Å². The number of hydrogen-bond donors (Lipinski definition) is 2. The zero-order valence-electron chi connectivity index (χ0n) is 12.0. The molecular weight excluding hydrogens is 262 g/mol. The first-order valence-electron chi connectivity index (χ1n) is 7.02. The highest BCUT2D eigenvalue weighted by atomic mass is 35.5. The maximum Gasteiger partial charge on any atom is 0.131 e. The maximum absolute atomic E-state index is 10.5. The van der Waals surface area contributed by atoms with Crippen molar-refractivity contribution >= 4 is 11.6 Å². The molecule has 1 aromatic heterocycles. The first kappa shape index (κ1) is 14.8. The van der Waals surface area contributed by atoms with Gasteiger partial charge in [-0.15, -0.1) is 0 Å². The van der Waals surface area contributed by atoms with Gasteiger partial charge in [0.25, 0.3) is 0 Å². The molecule has 5 heteroatoms. The molecule has 19 heavy (non-hydrogen) atoms. The van der Waals surface area contributed by atoms with Gasteiger partial charge in [0, 0.05) is 25.7 Å². The molecule has 4 nitrogen and oxygen atoms in total. The van der Waals surface area contributed by atoms with Crippen molar-refractivity contribution < 1.29 is 5.11 Å². The highest BCUT2D eigenvalue weighted by Crippen LogP contribution is 2.31. The van der Waals surface area contributed by atoms with E-state index in [1.54, 1.807) is 4.68 Å². The molecule has 0 bridgehead atoms. The zero-order valence-corrected chi connectivity index (χ0v) is 12.8. The molecule has 1 aliphatic rings. The third-order valence-corrected chi connectivity index (χ3v) is 4.70. The highest BCUT2D eigenvalue weighted by Gasteiger charge is 2.31. The van der Waals surface area contributed by atoms with Crippen LogP contribution in [0.4, 0.5) is 0 Å². The fraction of sp³-hybridized carbons (Fsp3) is 0.786. The number of rotatable bonds is 4. The Morgan fingerprint density at radius 1 is 1.47 bits per heavy atom. The fourth-order valence-corrected chi connectivity index (χ4v) is 3.01. The summed E-state index contributed by atoms with van der Waals surface area (Å²) in [6.45, 7) is 5.51. The lowest BCUT2D eigenvalue weighted by Gasteiger charge is -2.35. The number of aryl methyl sites for hydroxylation is 2. The monoisotopic (exact) mass is 285 g/mol. The van der Waals surface area contributed by atoms with E-state index in [1.807, 2.05) is 14.0 Å². The standard InChI is InChI=1S/C14H24ClN3O/c1-10-4-6-14(19,7-5-10)9-16-8-12-11(2)17-18(3)13(12)15/h10,16,19H,4-9H2,1-3H3. The van der Waals surface area contributed by atoms with Crippen LogP contribution in [0.15, 0.2) is 0 Å². The molecule has 0 aliphatic heterocycles. The minimum atomic E-state index is -0.547. The first-order chi connectivity index (χ1) is 8.91. The van der Waals surface area contributed by atoms with Gasteiger partial charge in [0.15, 0.2) is 0 Å². The van der Waals surface area contributed by atoms with Crippen LogP contribution in [-0.4, -0.2) is 27.0 Å². The Morgan fingerprint density at radius 3 is 2.63 bits per heavy atom. The van der Waals surface area contributed by atoms with Gasteiger partial charge in [0.1, 0.15) is 5.15 Å². The molecule has 0 unspecified atom stereocenters. The van der Waals surface area contributed by atoms with Crippen LogP contribution < -0.4 is 5.32 Å². The van der Waals surface area contributed by atoms with E-state index in [4.69, 9.17) is 11.6 Å². The minimum absolute atomic E-state index is 0.547. The van der Waals surface area contributed by atoms with E-state index in [2.05, 4.69) is 17.3 Å². The smallest absolute Gasteiger partial charge is 0.131 e. The van der Waals surface area contributed by atoms with Gasteiger partial charge in [-0.05, 0) is 38.5 Å². The van der Waals surface area contributed by atoms with E-state index in [9.17, 15) is 5.11 Å². The van der Waals surface area contributed by atoms with E-state index in [1.165, 1.54) is 0 Å². The van der Waals surface area contributed by atoms with Crippen LogP contribution in [0.5, 0.6) is 0 Å². The zero-order chi connectivity index (χ0) is 14.0. The molecule has 1 fully saturated rings. The van der Waals surface area contributed by atoms with Crippen molar-refractivity contribution in [1.82, 2.24) is 15.1 Å². The third kappa shape index (κ3) is 3.50. The lowest BCUT2D eigenvalue weighted by Crippen LogP contribution is -2.43. The number of hydrogen-bond acceptors (Lipinski definition) is 3. The van der Waals surface area contributed by atoms with E-state index in [0.29, 0.717) is 18.2 Å². The van der Waals surface area contributed by atoms with Gasteiger partial charge >= 0.3 is 0 Å². The predicted molar refractivity (Wildman–Crippen MR) is 77.2 cm³/mol. The molecule has 1 saturated carbocycles. The Hall–Kier alpha value is -0.580. The van der Waals surface area contributed by atoms with E-state index >= 15 is 0 Å². The van der Waals surface area contributed by atoms with Crippen LogP contribution in [0.3, 0.4) is 0 Å². The Balaban J connectivity index is 1.86. The summed E-state index contributed by atoms with van der Waals surface area (Å²) < 4.78 is 1.69. The average Bonchev–Trinajstić information content (AvgIpc) is 2.60. The third-order valence-electron chi connectivity index (χ3n) is 4.23. The van der Waals surface area contributed by atoms with Crippen LogP contribution in [0.25, 0.3) is 0 Å². The molecule has 2 rings (SSSR count). The second-order valence-electron chi connectivity index (χ2n) is 5.99. The van der Waals surface area contributed by atoms with Gasteiger partial charge in [0.05, 0.1) is 11.3 Å². The summed E-state index contributed by atoms with van der Waals surface area (Å²) >= 11 is 6.19. The van der Waals surface area contributed by atoms with Crippen molar-refractivity contribution in [2.45, 2.75) is 51.7 Å². The van der Waals surface area contributed by atoms with Crippen LogP contribution in [-0.2, 0) is 13.6 Å². The molecule has 2 N–H and O–H groups in total. The molecule has 0 atom stereocenters. The lowest BCUT2D eigenvalue weighted by atomic mass is 9.79. The van der Waals surface area contributed by atoms with Gasteiger partial charge in [-0.2, -0.15) is 5.10 Å². The van der Waals surface area contributed by atoms with Crippen molar-refractivity contribution in [3.63, 3.8) is 0 Å². The summed E-state index contributed by atoms with van der Waals surface area (Å²) in [5.74, 6) is 0.746. The van der Waals surface area contributed by atoms with Crippen LogP contribution >= 0.6 is 11.6 Å². The van der Waals surface area contributed by atoms with Crippen molar-refractivity contribution in [2.24, 2.45) is 13.0 Å². The Labute approximate surface area is 120 Å². The van der Waals surface area contributed by atoms with E-state index < -0.39 is 5.60 Å². The van der Waals surface area contributed by atoms with Crippen LogP contribution in [0.2, 0.25) is 5.15 Å². The number of halogens is 1. The second kappa shape index (κ2) is 5.81. The highest BCUT2D eigenvalue weighted by molar-refractivity contribution is 6.30. The summed E-state index contributed by atoms with van der Waals surface area (Å²) in [5.41, 5.74) is 1.43. The van der Waals surface area contributed by atoms with Crippen molar-refractivity contribution in [2.75, 3.05) is 6.54 Å².